The van der Waals surface area contributed by atoms with Gasteiger partial charge in [-0.3, -0.25) is 14.5 Å². The van der Waals surface area contributed by atoms with Crippen LogP contribution in [0.4, 0.5) is 0 Å². The molecule has 142 valence electrons. The molecule has 0 radical (unpaired) electrons. The molecule has 2 aliphatic rings. The molecule has 2 heterocycles. The van der Waals surface area contributed by atoms with E-state index in [0.717, 1.165) is 45.3 Å². The monoisotopic (exact) mass is 359 g/mol. The average Bonchev–Trinajstić information content (AvgIpc) is 3.30. The number of likely N-dealkylation sites (tertiary alicyclic amines) is 1. The molecule has 1 aromatic heterocycles. The Morgan fingerprint density at radius 3 is 2.65 bits per heavy atom. The molecule has 7 heteroatoms. The number of carbonyl (C=O) groups is 2. The highest BCUT2D eigenvalue weighted by atomic mass is 16.2. The van der Waals surface area contributed by atoms with E-state index < -0.39 is 0 Å². The summed E-state index contributed by atoms with van der Waals surface area (Å²) >= 11 is 0. The number of nitrogens with one attached hydrogen (secondary N) is 1. The number of likely N-dealkylation sites (N-methyl/N-ethyl adjacent to an activating group) is 1. The maximum atomic E-state index is 12.9. The Hall–Kier alpha value is -2.02. The second-order valence-corrected chi connectivity index (χ2v) is 7.17. The second kappa shape index (κ2) is 8.12. The fourth-order valence-corrected chi connectivity index (χ4v) is 3.49. The lowest BCUT2D eigenvalue weighted by molar-refractivity contribution is -0.133. The first-order valence-electron chi connectivity index (χ1n) is 9.69. The van der Waals surface area contributed by atoms with Crippen molar-refractivity contribution in [2.75, 3.05) is 26.2 Å². The number of amides is 2. The molecule has 1 saturated carbocycles. The summed E-state index contributed by atoms with van der Waals surface area (Å²) in [5.74, 6) is 0.623. The lowest BCUT2D eigenvalue weighted by atomic mass is 10.0. The number of hydrogen-bond acceptors (Lipinski definition) is 5. The van der Waals surface area contributed by atoms with Crippen LogP contribution >= 0.6 is 0 Å². The van der Waals surface area contributed by atoms with E-state index in [4.69, 9.17) is 0 Å². The average molecular weight is 359 g/mol. The van der Waals surface area contributed by atoms with E-state index in [1.165, 1.54) is 0 Å². The zero-order valence-electron chi connectivity index (χ0n) is 16.0. The van der Waals surface area contributed by atoms with Crippen molar-refractivity contribution in [3.63, 3.8) is 0 Å². The van der Waals surface area contributed by atoms with Gasteiger partial charge in [-0.1, -0.05) is 13.8 Å². The van der Waals surface area contributed by atoms with Gasteiger partial charge in [-0.05, 0) is 45.7 Å². The Kier molecular flexibility index (Phi) is 5.86. The van der Waals surface area contributed by atoms with Gasteiger partial charge in [-0.2, -0.15) is 0 Å². The van der Waals surface area contributed by atoms with Crippen molar-refractivity contribution >= 4 is 11.8 Å². The van der Waals surface area contributed by atoms with Crippen LogP contribution in [0.3, 0.4) is 0 Å². The summed E-state index contributed by atoms with van der Waals surface area (Å²) in [4.78, 5) is 38.3. The molecule has 1 atom stereocenters. The SMILES string of the molecule is CCN(CC)CC(=O)N1CCC[C@@H]1c1nc(C)ncc1C(=O)NC1CC1. The third-order valence-electron chi connectivity index (χ3n) is 5.24. The highest BCUT2D eigenvalue weighted by Gasteiger charge is 2.35. The van der Waals surface area contributed by atoms with Crippen LogP contribution in [0.5, 0.6) is 0 Å². The minimum Gasteiger partial charge on any atom is -0.349 e. The fourth-order valence-electron chi connectivity index (χ4n) is 3.49. The van der Waals surface area contributed by atoms with Gasteiger partial charge in [0.15, 0.2) is 0 Å². The van der Waals surface area contributed by atoms with Gasteiger partial charge in [0.1, 0.15) is 5.82 Å². The molecule has 1 N–H and O–H groups in total. The van der Waals surface area contributed by atoms with Crippen molar-refractivity contribution in [2.45, 2.75) is 58.5 Å². The first-order valence-corrected chi connectivity index (χ1v) is 9.69. The van der Waals surface area contributed by atoms with Crippen LogP contribution in [0.25, 0.3) is 0 Å². The molecule has 2 fully saturated rings. The Labute approximate surface area is 155 Å². The highest BCUT2D eigenvalue weighted by Crippen LogP contribution is 2.33. The molecule has 0 unspecified atom stereocenters. The van der Waals surface area contributed by atoms with E-state index in [9.17, 15) is 9.59 Å². The van der Waals surface area contributed by atoms with Crippen molar-refractivity contribution in [2.24, 2.45) is 0 Å². The molecule has 0 bridgehead atoms. The van der Waals surface area contributed by atoms with E-state index in [1.807, 2.05) is 11.8 Å². The van der Waals surface area contributed by atoms with Crippen LogP contribution in [-0.2, 0) is 4.79 Å². The second-order valence-electron chi connectivity index (χ2n) is 7.17. The van der Waals surface area contributed by atoms with E-state index >= 15 is 0 Å². The van der Waals surface area contributed by atoms with E-state index in [0.29, 0.717) is 23.6 Å². The molecular weight excluding hydrogens is 330 g/mol. The number of nitrogens with zero attached hydrogens (tertiary/aromatic N) is 4. The smallest absolute Gasteiger partial charge is 0.255 e. The quantitative estimate of drug-likeness (QED) is 0.801. The summed E-state index contributed by atoms with van der Waals surface area (Å²) in [6, 6.07) is 0.139. The largest absolute Gasteiger partial charge is 0.349 e. The topological polar surface area (TPSA) is 78.4 Å². The first-order chi connectivity index (χ1) is 12.5. The van der Waals surface area contributed by atoms with Crippen LogP contribution in [0.15, 0.2) is 6.20 Å². The van der Waals surface area contributed by atoms with Crippen molar-refractivity contribution in [3.05, 3.63) is 23.3 Å². The van der Waals surface area contributed by atoms with Gasteiger partial charge in [0, 0.05) is 18.8 Å². The molecule has 0 aromatic carbocycles. The summed E-state index contributed by atoms with van der Waals surface area (Å²) in [5, 5.41) is 3.02. The number of hydrogen-bond donors (Lipinski definition) is 1. The zero-order chi connectivity index (χ0) is 18.7. The molecular formula is C19H29N5O2. The molecule has 7 nitrogen and oxygen atoms in total. The van der Waals surface area contributed by atoms with Crippen LogP contribution in [0.2, 0.25) is 0 Å². The summed E-state index contributed by atoms with van der Waals surface area (Å²) in [7, 11) is 0. The van der Waals surface area contributed by atoms with Gasteiger partial charge in [-0.15, -0.1) is 0 Å². The van der Waals surface area contributed by atoms with E-state index in [2.05, 4.69) is 34.0 Å². The molecule has 1 aromatic rings. The maximum Gasteiger partial charge on any atom is 0.255 e. The van der Waals surface area contributed by atoms with Crippen molar-refractivity contribution in [1.29, 1.82) is 0 Å². The Balaban J connectivity index is 1.82. The summed E-state index contributed by atoms with van der Waals surface area (Å²) in [6.07, 6.45) is 5.45. The first kappa shape index (κ1) is 18.8. The zero-order valence-corrected chi connectivity index (χ0v) is 16.0. The molecule has 1 saturated heterocycles. The number of aromatic nitrogens is 2. The molecule has 0 spiro atoms. The maximum absolute atomic E-state index is 12.9. The van der Waals surface area contributed by atoms with Crippen LogP contribution in [-0.4, -0.2) is 63.8 Å². The van der Waals surface area contributed by atoms with Gasteiger partial charge < -0.3 is 10.2 Å². The third-order valence-corrected chi connectivity index (χ3v) is 5.24. The van der Waals surface area contributed by atoms with Gasteiger partial charge in [0.25, 0.3) is 5.91 Å². The van der Waals surface area contributed by atoms with E-state index in [-0.39, 0.29) is 23.9 Å². The van der Waals surface area contributed by atoms with Gasteiger partial charge >= 0.3 is 0 Å². The van der Waals surface area contributed by atoms with Crippen LogP contribution < -0.4 is 5.32 Å². The predicted octanol–water partition coefficient (Wildman–Crippen LogP) is 1.68. The van der Waals surface area contributed by atoms with Gasteiger partial charge in [0.2, 0.25) is 5.91 Å². The lowest BCUT2D eigenvalue weighted by Crippen LogP contribution is -2.40. The molecule has 1 aliphatic heterocycles. The standard InChI is InChI=1S/C19H29N5O2/c1-4-23(5-2)12-17(25)24-10-6-7-16(24)18-15(11-20-13(3)21-18)19(26)22-14-8-9-14/h11,14,16H,4-10,12H2,1-3H3,(H,22,26)/t16-/m1/s1. The van der Waals surface area contributed by atoms with Crippen LogP contribution in [0.1, 0.15) is 67.4 Å². The summed E-state index contributed by atoms with van der Waals surface area (Å²) < 4.78 is 0. The third kappa shape index (κ3) is 4.20. The number of rotatable bonds is 7. The molecule has 1 aliphatic carbocycles. The van der Waals surface area contributed by atoms with Crippen molar-refractivity contribution in [1.82, 2.24) is 25.1 Å². The Morgan fingerprint density at radius 1 is 1.27 bits per heavy atom. The van der Waals surface area contributed by atoms with Crippen molar-refractivity contribution < 1.29 is 9.59 Å². The van der Waals surface area contributed by atoms with Gasteiger partial charge in [0.05, 0.1) is 23.8 Å². The fraction of sp³-hybridized carbons (Fsp3) is 0.684. The Morgan fingerprint density at radius 2 is 2.00 bits per heavy atom. The minimum absolute atomic E-state index is 0.112. The van der Waals surface area contributed by atoms with Gasteiger partial charge in [-0.25, -0.2) is 9.97 Å². The minimum atomic E-state index is -0.139. The molecule has 3 rings (SSSR count). The predicted molar refractivity (Wildman–Crippen MR) is 98.7 cm³/mol. The van der Waals surface area contributed by atoms with Crippen LogP contribution in [0, 0.1) is 6.92 Å². The Bertz CT molecular complexity index is 670. The number of aryl methyl sites for hydroxylation is 1. The normalized spacial score (nSPS) is 19.8. The van der Waals surface area contributed by atoms with Crippen molar-refractivity contribution in [3.8, 4) is 0 Å². The molecule has 26 heavy (non-hydrogen) atoms. The summed E-state index contributed by atoms with van der Waals surface area (Å²) in [5.41, 5.74) is 1.20. The lowest BCUT2D eigenvalue weighted by Gasteiger charge is -2.28. The van der Waals surface area contributed by atoms with E-state index in [1.54, 1.807) is 6.20 Å². The number of carbonyl (C=O) groups excluding carboxylic acids is 2. The summed E-state index contributed by atoms with van der Waals surface area (Å²) in [6.45, 7) is 8.78. The highest BCUT2D eigenvalue weighted by molar-refractivity contribution is 5.95. The molecule has 2 amide bonds.